The van der Waals surface area contributed by atoms with E-state index in [0.717, 1.165) is 39.3 Å². The molecule has 0 radical (unpaired) electrons. The lowest BCUT2D eigenvalue weighted by atomic mass is 9.77. The molecule has 1 atom stereocenters. The van der Waals surface area contributed by atoms with Gasteiger partial charge in [0.2, 0.25) is 0 Å². The van der Waals surface area contributed by atoms with Gasteiger partial charge >= 0.3 is 5.92 Å². The zero-order valence-electron chi connectivity index (χ0n) is 18.2. The number of nitrogens with zero attached hydrogens (tertiary/aromatic N) is 2. The van der Waals surface area contributed by atoms with Crippen molar-refractivity contribution in [2.75, 3.05) is 6.61 Å². The van der Waals surface area contributed by atoms with E-state index in [1.54, 1.807) is 0 Å². The fourth-order valence-corrected chi connectivity index (χ4v) is 3.57. The molecule has 0 spiro atoms. The minimum Gasteiger partial charge on any atom is -0.404 e. The number of ether oxygens (including phenoxy) is 1. The Kier molecular flexibility index (Phi) is 6.34. The summed E-state index contributed by atoms with van der Waals surface area (Å²) in [5.41, 5.74) is 6.19. The molecule has 3 rings (SSSR count). The van der Waals surface area contributed by atoms with E-state index < -0.39 is 40.1 Å². The van der Waals surface area contributed by atoms with Crippen molar-refractivity contribution in [3.8, 4) is 0 Å². The molecule has 1 heterocycles. The van der Waals surface area contributed by atoms with Gasteiger partial charge in [0, 0.05) is 35.2 Å². The van der Waals surface area contributed by atoms with Gasteiger partial charge in [-0.15, -0.1) is 0 Å². The summed E-state index contributed by atoms with van der Waals surface area (Å²) >= 11 is 0. The third-order valence-corrected chi connectivity index (χ3v) is 5.57. The number of alkyl halides is 2. The van der Waals surface area contributed by atoms with E-state index in [4.69, 9.17) is 16.2 Å². The van der Waals surface area contributed by atoms with Gasteiger partial charge in [0.1, 0.15) is 35.5 Å². The van der Waals surface area contributed by atoms with Crippen LogP contribution in [0, 0.1) is 17.5 Å². The lowest BCUT2D eigenvalue weighted by molar-refractivity contribution is -0.214. The molecule has 10 heteroatoms. The largest absolute Gasteiger partial charge is 0.404 e. The second-order valence-corrected chi connectivity index (χ2v) is 8.22. The first-order valence-corrected chi connectivity index (χ1v) is 9.90. The van der Waals surface area contributed by atoms with E-state index in [9.17, 15) is 13.2 Å². The molecular weight excluding hydrogens is 443 g/mol. The van der Waals surface area contributed by atoms with Crippen molar-refractivity contribution in [1.29, 1.82) is 0 Å². The van der Waals surface area contributed by atoms with Crippen LogP contribution in [0.15, 0.2) is 52.6 Å². The number of hydrogen-bond donors (Lipinski definition) is 2. The molecule has 1 aliphatic heterocycles. The van der Waals surface area contributed by atoms with Gasteiger partial charge in [0.05, 0.1) is 5.69 Å². The number of benzene rings is 2. The van der Waals surface area contributed by atoms with Gasteiger partial charge in [-0.1, -0.05) is 0 Å². The van der Waals surface area contributed by atoms with Gasteiger partial charge in [-0.05, 0) is 51.1 Å². The number of aliphatic imine (C=N–C) groups is 2. The predicted molar refractivity (Wildman–Crippen MR) is 117 cm³/mol. The minimum atomic E-state index is -3.74. The van der Waals surface area contributed by atoms with Crippen molar-refractivity contribution < 1.29 is 26.7 Å². The van der Waals surface area contributed by atoms with Crippen LogP contribution in [-0.2, 0) is 10.3 Å². The molecule has 0 fully saturated rings. The van der Waals surface area contributed by atoms with Gasteiger partial charge in [-0.25, -0.2) is 22.0 Å². The van der Waals surface area contributed by atoms with Crippen molar-refractivity contribution in [3.63, 3.8) is 0 Å². The van der Waals surface area contributed by atoms with Gasteiger partial charge in [0.15, 0.2) is 5.54 Å². The van der Waals surface area contributed by atoms with E-state index >= 15 is 8.78 Å². The van der Waals surface area contributed by atoms with Crippen molar-refractivity contribution in [2.45, 2.75) is 37.8 Å². The zero-order valence-corrected chi connectivity index (χ0v) is 18.2. The van der Waals surface area contributed by atoms with Gasteiger partial charge < -0.3 is 16.2 Å². The van der Waals surface area contributed by atoms with Crippen LogP contribution in [0.5, 0.6) is 0 Å². The molecule has 2 aromatic carbocycles. The van der Waals surface area contributed by atoms with Gasteiger partial charge in [-0.3, -0.25) is 9.98 Å². The third-order valence-electron chi connectivity index (χ3n) is 5.57. The summed E-state index contributed by atoms with van der Waals surface area (Å²) < 4.78 is 79.1. The maximum atomic E-state index is 15.6. The van der Waals surface area contributed by atoms with Gasteiger partial charge in [0.25, 0.3) is 0 Å². The molecule has 0 saturated carbocycles. The van der Waals surface area contributed by atoms with E-state index in [1.807, 2.05) is 0 Å². The van der Waals surface area contributed by atoms with E-state index in [-0.39, 0.29) is 23.6 Å². The smallest absolute Gasteiger partial charge is 0.304 e. The molecule has 4 N–H and O–H groups in total. The second-order valence-electron chi connectivity index (χ2n) is 8.22. The van der Waals surface area contributed by atoms with Crippen LogP contribution < -0.4 is 11.5 Å². The predicted octanol–water partition coefficient (Wildman–Crippen LogP) is 4.82. The average molecular weight is 466 g/mol. The summed E-state index contributed by atoms with van der Waals surface area (Å²) in [4.78, 5) is 7.96. The maximum Gasteiger partial charge on any atom is 0.304 e. The molecule has 0 unspecified atom stereocenters. The lowest BCUT2D eigenvalue weighted by Gasteiger charge is -2.42. The normalized spacial score (nSPS) is 22.8. The van der Waals surface area contributed by atoms with Crippen LogP contribution in [0.2, 0.25) is 0 Å². The topological polar surface area (TPSA) is 86.0 Å². The molecule has 2 aromatic rings. The Morgan fingerprint density at radius 2 is 1.70 bits per heavy atom. The molecule has 5 nitrogen and oxygen atoms in total. The summed E-state index contributed by atoms with van der Waals surface area (Å²) in [5, 5.41) is 0. The summed E-state index contributed by atoms with van der Waals surface area (Å²) in [7, 11) is 0. The first-order chi connectivity index (χ1) is 15.3. The van der Waals surface area contributed by atoms with Crippen LogP contribution >= 0.6 is 0 Å². The number of nitrogens with two attached hydrogens (primary N) is 2. The molecule has 0 amide bonds. The number of hydrogen-bond acceptors (Lipinski definition) is 5. The highest BCUT2D eigenvalue weighted by molar-refractivity contribution is 6.10. The molecule has 0 aromatic heterocycles. The summed E-state index contributed by atoms with van der Waals surface area (Å²) in [6.07, 6.45) is 2.15. The number of rotatable bonds is 4. The first kappa shape index (κ1) is 24.4. The van der Waals surface area contributed by atoms with Crippen LogP contribution in [0.4, 0.5) is 27.6 Å². The van der Waals surface area contributed by atoms with Crippen molar-refractivity contribution in [2.24, 2.45) is 21.5 Å². The Morgan fingerprint density at radius 3 is 2.30 bits per heavy atom. The summed E-state index contributed by atoms with van der Waals surface area (Å²) in [6, 6.07) is 6.49. The maximum absolute atomic E-state index is 15.6. The Labute approximate surface area is 187 Å². The van der Waals surface area contributed by atoms with E-state index in [2.05, 4.69) is 9.98 Å². The monoisotopic (exact) mass is 466 g/mol. The van der Waals surface area contributed by atoms with Crippen LogP contribution in [0.3, 0.4) is 0 Å². The SMILES string of the molecule is CC1(C)OCC(N)=N[C@](C)(c2cc(C(C=Nc3ccc(F)cc3)=CN)c(F)cc2F)C1(F)F. The Morgan fingerprint density at radius 1 is 1.06 bits per heavy atom. The molecule has 0 aliphatic carbocycles. The zero-order chi connectivity index (χ0) is 24.6. The van der Waals surface area contributed by atoms with E-state index in [1.165, 1.54) is 24.3 Å². The highest BCUT2D eigenvalue weighted by Crippen LogP contribution is 2.51. The van der Waals surface area contributed by atoms with Crippen molar-refractivity contribution >= 4 is 23.3 Å². The van der Waals surface area contributed by atoms with Crippen LogP contribution in [0.1, 0.15) is 31.9 Å². The van der Waals surface area contributed by atoms with Gasteiger partial charge in [-0.2, -0.15) is 0 Å². The summed E-state index contributed by atoms with van der Waals surface area (Å²) in [6.45, 7) is 2.91. The number of halogens is 5. The fourth-order valence-electron chi connectivity index (χ4n) is 3.57. The molecule has 0 bridgehead atoms. The van der Waals surface area contributed by atoms with Crippen molar-refractivity contribution in [1.82, 2.24) is 0 Å². The quantitative estimate of drug-likeness (QED) is 0.500. The Hall–Kier alpha value is -3.27. The van der Waals surface area contributed by atoms with Crippen LogP contribution in [0.25, 0.3) is 5.57 Å². The lowest BCUT2D eigenvalue weighted by Crippen LogP contribution is -2.56. The number of amidine groups is 1. The Balaban J connectivity index is 2.15. The minimum absolute atomic E-state index is 0.0222. The fraction of sp³-hybridized carbons (Fsp3) is 0.304. The molecular formula is C23H23F5N4O. The molecule has 176 valence electrons. The third kappa shape index (κ3) is 4.35. The van der Waals surface area contributed by atoms with Crippen molar-refractivity contribution in [3.05, 3.63) is 71.2 Å². The highest BCUT2D eigenvalue weighted by atomic mass is 19.3. The summed E-state index contributed by atoms with van der Waals surface area (Å²) in [5.74, 6) is -6.76. The average Bonchev–Trinajstić information content (AvgIpc) is 2.80. The second kappa shape index (κ2) is 8.58. The standard InChI is InChI=1S/C23H23F5N4O/c1-21(2)23(27,28)22(3,32-20(30)12-33-21)17-8-16(18(25)9-19(17)26)13(10-29)11-31-15-6-4-14(24)5-7-15/h4-11H,12,29H2,1-3H3,(H2,30,32)/t22-/m1/s1. The Bertz CT molecular complexity index is 1140. The van der Waals surface area contributed by atoms with Crippen LogP contribution in [-0.4, -0.2) is 30.2 Å². The first-order valence-electron chi connectivity index (χ1n) is 9.90. The van der Waals surface area contributed by atoms with E-state index in [0.29, 0.717) is 11.8 Å². The molecule has 33 heavy (non-hydrogen) atoms. The highest BCUT2D eigenvalue weighted by Gasteiger charge is 2.64. The molecule has 1 aliphatic rings. The number of allylic oxidation sites excluding steroid dienone is 1. The molecule has 0 saturated heterocycles.